The molecule has 0 aromatic carbocycles. The summed E-state index contributed by atoms with van der Waals surface area (Å²) in [6, 6.07) is 2.04. The van der Waals surface area contributed by atoms with E-state index in [1.54, 1.807) is 0 Å². The third-order valence-electron chi connectivity index (χ3n) is 2.00. The van der Waals surface area contributed by atoms with Crippen LogP contribution in [-0.2, 0) is 4.74 Å². The van der Waals surface area contributed by atoms with Crippen molar-refractivity contribution in [3.63, 3.8) is 0 Å². The van der Waals surface area contributed by atoms with E-state index in [9.17, 15) is 0 Å². The van der Waals surface area contributed by atoms with Crippen molar-refractivity contribution in [2.75, 3.05) is 6.61 Å². The second-order valence-electron chi connectivity index (χ2n) is 3.43. The fourth-order valence-electron chi connectivity index (χ4n) is 1.18. The number of aromatic nitrogens is 2. The fraction of sp³-hybridized carbons (Fsp3) is 0.700. The van der Waals surface area contributed by atoms with Gasteiger partial charge < -0.3 is 4.74 Å². The van der Waals surface area contributed by atoms with E-state index in [1.807, 2.05) is 30.8 Å². The van der Waals surface area contributed by atoms with E-state index < -0.39 is 0 Å². The topological polar surface area (TPSA) is 27.1 Å². The Morgan fingerprint density at radius 2 is 2.15 bits per heavy atom. The Balaban J connectivity index is 2.67. The van der Waals surface area contributed by atoms with Crippen LogP contribution in [0.25, 0.3) is 0 Å². The van der Waals surface area contributed by atoms with Gasteiger partial charge in [0.15, 0.2) is 0 Å². The Hall–Kier alpha value is -0.830. The van der Waals surface area contributed by atoms with Crippen LogP contribution in [0.1, 0.15) is 45.5 Å². The van der Waals surface area contributed by atoms with Gasteiger partial charge in [-0.15, -0.1) is 0 Å². The van der Waals surface area contributed by atoms with Gasteiger partial charge in [-0.25, -0.2) is 4.68 Å². The van der Waals surface area contributed by atoms with Gasteiger partial charge in [-0.1, -0.05) is 13.8 Å². The molecule has 1 heterocycles. The van der Waals surface area contributed by atoms with E-state index >= 15 is 0 Å². The van der Waals surface area contributed by atoms with Crippen LogP contribution in [0.2, 0.25) is 0 Å². The molecule has 0 bridgehead atoms. The number of rotatable bonds is 4. The van der Waals surface area contributed by atoms with Gasteiger partial charge in [0, 0.05) is 12.8 Å². The number of nitrogens with zero attached hydrogens (tertiary/aromatic N) is 2. The van der Waals surface area contributed by atoms with Gasteiger partial charge in [0.05, 0.1) is 5.69 Å². The normalized spacial score (nSPS) is 13.6. The van der Waals surface area contributed by atoms with Crippen LogP contribution >= 0.6 is 0 Å². The van der Waals surface area contributed by atoms with Crippen LogP contribution in [-0.4, -0.2) is 16.4 Å². The molecular weight excluding hydrogens is 164 g/mol. The smallest absolute Gasteiger partial charge is 0.147 e. The van der Waals surface area contributed by atoms with Gasteiger partial charge in [0.1, 0.15) is 6.23 Å². The molecule has 13 heavy (non-hydrogen) atoms. The lowest BCUT2D eigenvalue weighted by Crippen LogP contribution is -2.10. The number of ether oxygens (including phenoxy) is 1. The lowest BCUT2D eigenvalue weighted by atomic mass is 10.1. The molecule has 1 unspecified atom stereocenters. The molecule has 0 aliphatic heterocycles. The molecule has 0 amide bonds. The van der Waals surface area contributed by atoms with Crippen LogP contribution in [0, 0.1) is 0 Å². The summed E-state index contributed by atoms with van der Waals surface area (Å²) >= 11 is 0. The molecule has 1 atom stereocenters. The summed E-state index contributed by atoms with van der Waals surface area (Å²) in [7, 11) is 0. The largest absolute Gasteiger partial charge is 0.357 e. The first-order valence-electron chi connectivity index (χ1n) is 4.81. The summed E-state index contributed by atoms with van der Waals surface area (Å²) in [5.74, 6) is 0.482. The van der Waals surface area contributed by atoms with Crippen LogP contribution in [0.15, 0.2) is 12.3 Å². The van der Waals surface area contributed by atoms with E-state index in [4.69, 9.17) is 4.74 Å². The SMILES string of the molecule is CCOC(C)n1ccc(C(C)C)n1. The van der Waals surface area contributed by atoms with Gasteiger partial charge in [-0.3, -0.25) is 0 Å². The molecule has 1 aromatic rings. The van der Waals surface area contributed by atoms with E-state index in [2.05, 4.69) is 18.9 Å². The summed E-state index contributed by atoms with van der Waals surface area (Å²) in [6.45, 7) is 8.98. The number of hydrogen-bond donors (Lipinski definition) is 0. The fourth-order valence-corrected chi connectivity index (χ4v) is 1.18. The minimum Gasteiger partial charge on any atom is -0.357 e. The van der Waals surface area contributed by atoms with Gasteiger partial charge >= 0.3 is 0 Å². The molecule has 0 radical (unpaired) electrons. The molecule has 1 aromatic heterocycles. The minimum atomic E-state index is 0.0394. The molecule has 0 fully saturated rings. The summed E-state index contributed by atoms with van der Waals surface area (Å²) in [5, 5.41) is 4.42. The van der Waals surface area contributed by atoms with Crippen molar-refractivity contribution in [2.45, 2.75) is 39.8 Å². The van der Waals surface area contributed by atoms with E-state index in [0.29, 0.717) is 5.92 Å². The highest BCUT2D eigenvalue weighted by Gasteiger charge is 2.07. The first-order valence-corrected chi connectivity index (χ1v) is 4.81. The molecule has 1 rings (SSSR count). The minimum absolute atomic E-state index is 0.0394. The molecule has 74 valence electrons. The van der Waals surface area contributed by atoms with Crippen molar-refractivity contribution in [3.05, 3.63) is 18.0 Å². The third-order valence-corrected chi connectivity index (χ3v) is 2.00. The summed E-state index contributed by atoms with van der Waals surface area (Å²) in [6.07, 6.45) is 2.01. The quantitative estimate of drug-likeness (QED) is 0.715. The average Bonchev–Trinajstić information content (AvgIpc) is 2.52. The zero-order valence-corrected chi connectivity index (χ0v) is 8.82. The van der Waals surface area contributed by atoms with E-state index in [-0.39, 0.29) is 6.23 Å². The van der Waals surface area contributed by atoms with Crippen LogP contribution in [0.5, 0.6) is 0 Å². The van der Waals surface area contributed by atoms with Crippen LogP contribution in [0.4, 0.5) is 0 Å². The van der Waals surface area contributed by atoms with Crippen LogP contribution < -0.4 is 0 Å². The molecule has 0 aliphatic carbocycles. The van der Waals surface area contributed by atoms with Gasteiger partial charge in [0.25, 0.3) is 0 Å². The molecule has 0 saturated carbocycles. The monoisotopic (exact) mass is 182 g/mol. The molecular formula is C10H18N2O. The van der Waals surface area contributed by atoms with Gasteiger partial charge in [-0.05, 0) is 25.8 Å². The van der Waals surface area contributed by atoms with E-state index in [1.165, 1.54) is 0 Å². The number of hydrogen-bond acceptors (Lipinski definition) is 2. The first-order chi connectivity index (χ1) is 6.15. The van der Waals surface area contributed by atoms with Crippen molar-refractivity contribution in [2.24, 2.45) is 0 Å². The highest BCUT2D eigenvalue weighted by atomic mass is 16.5. The Kier molecular flexibility index (Phi) is 3.48. The van der Waals surface area contributed by atoms with Crippen molar-refractivity contribution in [1.29, 1.82) is 0 Å². The summed E-state index contributed by atoms with van der Waals surface area (Å²) < 4.78 is 7.28. The Labute approximate surface area is 79.7 Å². The lowest BCUT2D eigenvalue weighted by molar-refractivity contribution is 0.0156. The van der Waals surface area contributed by atoms with Gasteiger partial charge in [-0.2, -0.15) is 5.10 Å². The maximum atomic E-state index is 5.42. The third kappa shape index (κ3) is 2.56. The Morgan fingerprint density at radius 1 is 1.46 bits per heavy atom. The lowest BCUT2D eigenvalue weighted by Gasteiger charge is -2.11. The molecule has 0 saturated heterocycles. The zero-order chi connectivity index (χ0) is 9.84. The second kappa shape index (κ2) is 4.42. The highest BCUT2D eigenvalue weighted by Crippen LogP contribution is 2.13. The maximum Gasteiger partial charge on any atom is 0.147 e. The molecule has 3 heteroatoms. The second-order valence-corrected chi connectivity index (χ2v) is 3.43. The molecule has 0 aliphatic rings. The van der Waals surface area contributed by atoms with Crippen LogP contribution in [0.3, 0.4) is 0 Å². The van der Waals surface area contributed by atoms with Crippen molar-refractivity contribution in [3.8, 4) is 0 Å². The zero-order valence-electron chi connectivity index (χ0n) is 8.82. The van der Waals surface area contributed by atoms with E-state index in [0.717, 1.165) is 12.3 Å². The van der Waals surface area contributed by atoms with Crippen molar-refractivity contribution < 1.29 is 4.74 Å². The Bertz CT molecular complexity index is 255. The summed E-state index contributed by atoms with van der Waals surface area (Å²) in [5.41, 5.74) is 1.12. The predicted octanol–water partition coefficient (Wildman–Crippen LogP) is 2.56. The van der Waals surface area contributed by atoms with Crippen molar-refractivity contribution >= 4 is 0 Å². The van der Waals surface area contributed by atoms with Crippen molar-refractivity contribution in [1.82, 2.24) is 9.78 Å². The molecule has 0 spiro atoms. The maximum absolute atomic E-state index is 5.42. The first kappa shape index (κ1) is 10.3. The standard InChI is InChI=1S/C10H18N2O/c1-5-13-9(4)12-7-6-10(11-12)8(2)3/h6-9H,5H2,1-4H3. The summed E-state index contributed by atoms with van der Waals surface area (Å²) in [4.78, 5) is 0. The highest BCUT2D eigenvalue weighted by molar-refractivity contribution is 5.03. The Morgan fingerprint density at radius 3 is 2.62 bits per heavy atom. The molecule has 0 N–H and O–H groups in total. The molecule has 3 nitrogen and oxygen atoms in total. The average molecular weight is 182 g/mol. The van der Waals surface area contributed by atoms with Gasteiger partial charge in [0.2, 0.25) is 0 Å². The predicted molar refractivity (Wildman–Crippen MR) is 52.7 cm³/mol.